The first-order valence-electron chi connectivity index (χ1n) is 8.56. The summed E-state index contributed by atoms with van der Waals surface area (Å²) in [5.74, 6) is -3.01. The highest BCUT2D eigenvalue weighted by Crippen LogP contribution is 2.19. The van der Waals surface area contributed by atoms with Crippen molar-refractivity contribution in [2.24, 2.45) is 0 Å². The number of amides is 1. The molecule has 1 aromatic carbocycles. The molecular weight excluding hydrogens is 343 g/mol. The number of aryl methyl sites for hydroxylation is 1. The van der Waals surface area contributed by atoms with E-state index >= 15 is 0 Å². The molecular formula is C18H23FN2O5. The van der Waals surface area contributed by atoms with Crippen LogP contribution in [0.4, 0.5) is 4.39 Å². The lowest BCUT2D eigenvalue weighted by molar-refractivity contribution is -0.150. The molecule has 1 saturated heterocycles. The van der Waals surface area contributed by atoms with Gasteiger partial charge in [0.15, 0.2) is 0 Å². The normalized spacial score (nSPS) is 19.1. The maximum absolute atomic E-state index is 13.4. The Labute approximate surface area is 150 Å². The van der Waals surface area contributed by atoms with Gasteiger partial charge in [0.2, 0.25) is 5.91 Å². The molecule has 2 rings (SSSR count). The standard InChI is InChI=1S/C18H23FN2O5/c19-11-14(16(22)21-10-4-7-15(21)18(25)26)20-13(17(23)24)9-8-12-5-2-1-3-6-12/h1-3,5-6,13-15,20H,4,7-11H2,(H,23,24)(H,25,26)/t13?,14-,15-/m0/s1. The third-order valence-electron chi connectivity index (χ3n) is 4.54. The number of halogens is 1. The second-order valence-electron chi connectivity index (χ2n) is 6.32. The summed E-state index contributed by atoms with van der Waals surface area (Å²) >= 11 is 0. The molecule has 0 saturated carbocycles. The van der Waals surface area contributed by atoms with Crippen LogP contribution in [0.25, 0.3) is 0 Å². The third kappa shape index (κ3) is 5.01. The van der Waals surface area contributed by atoms with E-state index in [1.54, 1.807) is 0 Å². The Kier molecular flexibility index (Phi) is 7.08. The predicted molar refractivity (Wildman–Crippen MR) is 91.5 cm³/mol. The van der Waals surface area contributed by atoms with Crippen molar-refractivity contribution in [3.63, 3.8) is 0 Å². The Morgan fingerprint density at radius 1 is 1.19 bits per heavy atom. The van der Waals surface area contributed by atoms with Gasteiger partial charge in [-0.2, -0.15) is 0 Å². The lowest BCUT2D eigenvalue weighted by atomic mass is 10.0. The van der Waals surface area contributed by atoms with Crippen molar-refractivity contribution in [1.82, 2.24) is 10.2 Å². The molecule has 8 heteroatoms. The molecule has 3 atom stereocenters. The van der Waals surface area contributed by atoms with Crippen molar-refractivity contribution < 1.29 is 29.0 Å². The van der Waals surface area contributed by atoms with Gasteiger partial charge in [0.05, 0.1) is 0 Å². The molecule has 1 aliphatic rings. The molecule has 7 nitrogen and oxygen atoms in total. The van der Waals surface area contributed by atoms with Crippen LogP contribution in [0.1, 0.15) is 24.8 Å². The van der Waals surface area contributed by atoms with Crippen molar-refractivity contribution in [2.45, 2.75) is 43.8 Å². The topological polar surface area (TPSA) is 107 Å². The van der Waals surface area contributed by atoms with Crippen LogP contribution in [-0.4, -0.2) is 64.3 Å². The van der Waals surface area contributed by atoms with Gasteiger partial charge in [0.25, 0.3) is 0 Å². The highest BCUT2D eigenvalue weighted by atomic mass is 19.1. The molecule has 1 heterocycles. The quantitative estimate of drug-likeness (QED) is 0.604. The Hall–Kier alpha value is -2.48. The minimum absolute atomic E-state index is 0.186. The Balaban J connectivity index is 2.01. The average molecular weight is 366 g/mol. The van der Waals surface area contributed by atoms with E-state index in [2.05, 4.69) is 5.32 Å². The Morgan fingerprint density at radius 2 is 1.88 bits per heavy atom. The number of carbonyl (C=O) groups excluding carboxylic acids is 1. The van der Waals surface area contributed by atoms with Crippen LogP contribution < -0.4 is 5.32 Å². The fourth-order valence-corrected chi connectivity index (χ4v) is 3.15. The van der Waals surface area contributed by atoms with Gasteiger partial charge in [-0.3, -0.25) is 14.9 Å². The number of benzene rings is 1. The number of hydrogen-bond donors (Lipinski definition) is 3. The zero-order valence-electron chi connectivity index (χ0n) is 14.3. The van der Waals surface area contributed by atoms with E-state index in [1.807, 2.05) is 30.3 Å². The largest absolute Gasteiger partial charge is 0.480 e. The number of carboxylic acids is 2. The average Bonchev–Trinajstić information content (AvgIpc) is 3.12. The van der Waals surface area contributed by atoms with E-state index in [-0.39, 0.29) is 13.0 Å². The van der Waals surface area contributed by atoms with Crippen LogP contribution in [0, 0.1) is 0 Å². The number of carboxylic acid groups (broad SMARTS) is 2. The van der Waals surface area contributed by atoms with Gasteiger partial charge in [0, 0.05) is 6.54 Å². The van der Waals surface area contributed by atoms with Crippen molar-refractivity contribution in [1.29, 1.82) is 0 Å². The molecule has 0 radical (unpaired) electrons. The van der Waals surface area contributed by atoms with Gasteiger partial charge in [-0.05, 0) is 31.2 Å². The second-order valence-corrected chi connectivity index (χ2v) is 6.32. The molecule has 1 amide bonds. The Bertz CT molecular complexity index is 640. The number of nitrogens with zero attached hydrogens (tertiary/aromatic N) is 1. The van der Waals surface area contributed by atoms with Gasteiger partial charge in [0.1, 0.15) is 24.8 Å². The summed E-state index contributed by atoms with van der Waals surface area (Å²) in [5.41, 5.74) is 0.939. The van der Waals surface area contributed by atoms with Gasteiger partial charge >= 0.3 is 11.9 Å². The first-order valence-corrected chi connectivity index (χ1v) is 8.56. The maximum Gasteiger partial charge on any atom is 0.326 e. The predicted octanol–water partition coefficient (Wildman–Crippen LogP) is 1.08. The minimum Gasteiger partial charge on any atom is -0.480 e. The minimum atomic E-state index is -1.37. The number of rotatable bonds is 9. The Morgan fingerprint density at radius 3 is 2.46 bits per heavy atom. The van der Waals surface area contributed by atoms with Crippen LogP contribution in [0.3, 0.4) is 0 Å². The third-order valence-corrected chi connectivity index (χ3v) is 4.54. The summed E-state index contributed by atoms with van der Waals surface area (Å²) in [6, 6.07) is 5.79. The fourth-order valence-electron chi connectivity index (χ4n) is 3.15. The summed E-state index contributed by atoms with van der Waals surface area (Å²) in [6.07, 6.45) is 1.49. The number of carbonyl (C=O) groups is 3. The van der Waals surface area contributed by atoms with Gasteiger partial charge in [-0.25, -0.2) is 9.18 Å². The van der Waals surface area contributed by atoms with Gasteiger partial charge in [-0.15, -0.1) is 0 Å². The molecule has 0 aromatic heterocycles. The lowest BCUT2D eigenvalue weighted by Gasteiger charge is -2.27. The van der Waals surface area contributed by atoms with E-state index in [9.17, 15) is 23.9 Å². The zero-order valence-corrected chi connectivity index (χ0v) is 14.3. The van der Waals surface area contributed by atoms with Crippen LogP contribution in [0.15, 0.2) is 30.3 Å². The molecule has 1 aromatic rings. The van der Waals surface area contributed by atoms with E-state index in [0.29, 0.717) is 19.3 Å². The first kappa shape index (κ1) is 19.8. The molecule has 26 heavy (non-hydrogen) atoms. The zero-order chi connectivity index (χ0) is 19.1. The maximum atomic E-state index is 13.4. The number of nitrogens with one attached hydrogen (secondary N) is 1. The summed E-state index contributed by atoms with van der Waals surface area (Å²) in [7, 11) is 0. The van der Waals surface area contributed by atoms with Gasteiger partial charge in [-0.1, -0.05) is 30.3 Å². The van der Waals surface area contributed by atoms with E-state index in [1.165, 1.54) is 0 Å². The smallest absolute Gasteiger partial charge is 0.326 e. The van der Waals surface area contributed by atoms with Crippen LogP contribution in [0.2, 0.25) is 0 Å². The first-order chi connectivity index (χ1) is 12.4. The van der Waals surface area contributed by atoms with Crippen molar-refractivity contribution in [3.8, 4) is 0 Å². The molecule has 142 valence electrons. The number of alkyl halides is 1. The number of hydrogen-bond acceptors (Lipinski definition) is 4. The van der Waals surface area contributed by atoms with Crippen LogP contribution >= 0.6 is 0 Å². The van der Waals surface area contributed by atoms with Crippen LogP contribution in [0.5, 0.6) is 0 Å². The van der Waals surface area contributed by atoms with E-state index in [4.69, 9.17) is 5.11 Å². The van der Waals surface area contributed by atoms with Crippen LogP contribution in [-0.2, 0) is 20.8 Å². The fraction of sp³-hybridized carbons (Fsp3) is 0.500. The molecule has 1 aliphatic heterocycles. The molecule has 0 spiro atoms. The number of likely N-dealkylation sites (tertiary alicyclic amines) is 1. The molecule has 3 N–H and O–H groups in total. The van der Waals surface area contributed by atoms with Crippen molar-refractivity contribution >= 4 is 17.8 Å². The summed E-state index contributed by atoms with van der Waals surface area (Å²) in [4.78, 5) is 36.3. The SMILES string of the molecule is O=C(O)C(CCc1ccccc1)N[C@@H](CF)C(=O)N1CCC[C@H]1C(=O)O. The van der Waals surface area contributed by atoms with Crippen molar-refractivity contribution in [2.75, 3.05) is 13.2 Å². The molecule has 0 bridgehead atoms. The number of aliphatic carboxylic acids is 2. The molecule has 0 aliphatic carbocycles. The monoisotopic (exact) mass is 366 g/mol. The lowest BCUT2D eigenvalue weighted by Crippen LogP contribution is -2.55. The highest BCUT2D eigenvalue weighted by Gasteiger charge is 2.38. The molecule has 1 fully saturated rings. The van der Waals surface area contributed by atoms with Gasteiger partial charge < -0.3 is 15.1 Å². The molecule has 1 unspecified atom stereocenters. The second kappa shape index (κ2) is 9.28. The van der Waals surface area contributed by atoms with Crippen molar-refractivity contribution in [3.05, 3.63) is 35.9 Å². The summed E-state index contributed by atoms with van der Waals surface area (Å²) in [6.45, 7) is -0.869. The highest BCUT2D eigenvalue weighted by molar-refractivity contribution is 5.88. The summed E-state index contributed by atoms with van der Waals surface area (Å²) in [5, 5.41) is 21.1. The van der Waals surface area contributed by atoms with E-state index < -0.39 is 42.6 Å². The summed E-state index contributed by atoms with van der Waals surface area (Å²) < 4.78 is 13.4. The van der Waals surface area contributed by atoms with E-state index in [0.717, 1.165) is 10.5 Å².